The molecule has 0 radical (unpaired) electrons. The molecule has 3 aromatic rings. The topological polar surface area (TPSA) is 86.8 Å². The molecule has 0 aliphatic heterocycles. The summed E-state index contributed by atoms with van der Waals surface area (Å²) in [5.41, 5.74) is 2.69. The molecular formula is C31H35Cl2N3O4S. The van der Waals surface area contributed by atoms with E-state index in [2.05, 4.69) is 5.32 Å². The summed E-state index contributed by atoms with van der Waals surface area (Å²) in [7, 11) is -4.13. The van der Waals surface area contributed by atoms with Gasteiger partial charge in [-0.15, -0.1) is 0 Å². The number of benzene rings is 3. The molecular weight excluding hydrogens is 581 g/mol. The van der Waals surface area contributed by atoms with Gasteiger partial charge in [-0.2, -0.15) is 0 Å². The van der Waals surface area contributed by atoms with Gasteiger partial charge in [0.05, 0.1) is 20.6 Å². The zero-order chi connectivity index (χ0) is 29.7. The van der Waals surface area contributed by atoms with Gasteiger partial charge in [0.25, 0.3) is 10.0 Å². The maximum atomic E-state index is 14.1. The number of hydrogen-bond donors (Lipinski definition) is 1. The van der Waals surface area contributed by atoms with Gasteiger partial charge in [-0.05, 0) is 80.6 Å². The van der Waals surface area contributed by atoms with Gasteiger partial charge < -0.3 is 10.2 Å². The molecule has 1 fully saturated rings. The van der Waals surface area contributed by atoms with Gasteiger partial charge in [-0.1, -0.05) is 72.4 Å². The van der Waals surface area contributed by atoms with Crippen molar-refractivity contribution in [3.05, 3.63) is 93.5 Å². The highest BCUT2D eigenvalue weighted by molar-refractivity contribution is 7.92. The molecule has 0 bridgehead atoms. The summed E-state index contributed by atoms with van der Waals surface area (Å²) in [6, 6.07) is 17.6. The number of carbonyl (C=O) groups is 2. The zero-order valence-electron chi connectivity index (χ0n) is 23.4. The van der Waals surface area contributed by atoms with Crippen LogP contribution < -0.4 is 9.62 Å². The lowest BCUT2D eigenvalue weighted by Gasteiger charge is -2.33. The molecule has 1 aliphatic carbocycles. The van der Waals surface area contributed by atoms with Crippen LogP contribution in [0.25, 0.3) is 0 Å². The molecule has 1 atom stereocenters. The Morgan fingerprint density at radius 1 is 0.951 bits per heavy atom. The van der Waals surface area contributed by atoms with Crippen LogP contribution in [0, 0.1) is 13.8 Å². The number of halogens is 2. The monoisotopic (exact) mass is 615 g/mol. The van der Waals surface area contributed by atoms with E-state index in [-0.39, 0.29) is 23.4 Å². The number of aryl methyl sites for hydroxylation is 1. The Bertz CT molecular complexity index is 1510. The molecule has 1 saturated carbocycles. The van der Waals surface area contributed by atoms with Crippen LogP contribution in [-0.4, -0.2) is 43.8 Å². The van der Waals surface area contributed by atoms with Gasteiger partial charge in [0.15, 0.2) is 0 Å². The predicted octanol–water partition coefficient (Wildman–Crippen LogP) is 6.28. The summed E-state index contributed by atoms with van der Waals surface area (Å²) >= 11 is 12.4. The van der Waals surface area contributed by atoms with E-state index >= 15 is 0 Å². The minimum atomic E-state index is -4.13. The van der Waals surface area contributed by atoms with Gasteiger partial charge >= 0.3 is 0 Å². The molecule has 0 heterocycles. The largest absolute Gasteiger partial charge is 0.352 e. The normalized spacial score (nSPS) is 14.5. The van der Waals surface area contributed by atoms with Crippen LogP contribution in [0.3, 0.4) is 0 Å². The first-order valence-electron chi connectivity index (χ1n) is 13.7. The number of nitrogens with one attached hydrogen (secondary N) is 1. The lowest BCUT2D eigenvalue weighted by molar-refractivity contribution is -0.139. The summed E-state index contributed by atoms with van der Waals surface area (Å²) in [6.45, 7) is 4.92. The SMILES string of the molecule is Cc1cccc(N(CC(=O)N(Cc2ccc(Cl)c(Cl)c2)[C@@H](C)C(=O)NC2CCCC2)S(=O)(=O)c2ccccc2)c1C. The van der Waals surface area contributed by atoms with Gasteiger partial charge in [0, 0.05) is 12.6 Å². The lowest BCUT2D eigenvalue weighted by atomic mass is 10.1. The summed E-state index contributed by atoms with van der Waals surface area (Å²) in [5.74, 6) is -0.805. The number of amides is 2. The van der Waals surface area contributed by atoms with Crippen molar-refractivity contribution in [2.45, 2.75) is 70.0 Å². The molecule has 10 heteroatoms. The van der Waals surface area contributed by atoms with Gasteiger partial charge in [-0.25, -0.2) is 8.42 Å². The Kier molecular flexibility index (Phi) is 10.00. The maximum Gasteiger partial charge on any atom is 0.264 e. The Morgan fingerprint density at radius 2 is 1.63 bits per heavy atom. The molecule has 0 aromatic heterocycles. The third-order valence-electron chi connectivity index (χ3n) is 7.66. The fourth-order valence-electron chi connectivity index (χ4n) is 5.05. The van der Waals surface area contributed by atoms with E-state index in [1.54, 1.807) is 55.5 Å². The van der Waals surface area contributed by atoms with Crippen LogP contribution in [0.15, 0.2) is 71.6 Å². The minimum Gasteiger partial charge on any atom is -0.352 e. The molecule has 2 amide bonds. The first-order chi connectivity index (χ1) is 19.5. The van der Waals surface area contributed by atoms with Crippen LogP contribution in [-0.2, 0) is 26.2 Å². The third-order valence-corrected chi connectivity index (χ3v) is 10.2. The highest BCUT2D eigenvalue weighted by atomic mass is 35.5. The second-order valence-electron chi connectivity index (χ2n) is 10.5. The summed E-state index contributed by atoms with van der Waals surface area (Å²) in [4.78, 5) is 28.9. The van der Waals surface area contributed by atoms with Crippen molar-refractivity contribution < 1.29 is 18.0 Å². The molecule has 3 aromatic carbocycles. The molecule has 1 aliphatic rings. The van der Waals surface area contributed by atoms with E-state index in [4.69, 9.17) is 23.2 Å². The van der Waals surface area contributed by atoms with Crippen LogP contribution in [0.5, 0.6) is 0 Å². The Morgan fingerprint density at radius 3 is 2.29 bits per heavy atom. The van der Waals surface area contributed by atoms with Crippen molar-refractivity contribution in [2.24, 2.45) is 0 Å². The van der Waals surface area contributed by atoms with E-state index in [0.717, 1.165) is 41.1 Å². The van der Waals surface area contributed by atoms with E-state index in [0.29, 0.717) is 21.3 Å². The standard InChI is InChI=1S/C31H35Cl2N3O4S/c1-21-10-9-15-29(22(21)2)36(41(39,40)26-13-5-4-6-14-26)20-30(37)35(19-24-16-17-27(32)28(33)18-24)23(3)31(38)34-25-11-7-8-12-25/h4-6,9-10,13-18,23,25H,7-8,11-12,19-20H2,1-3H3,(H,34,38)/t23-/m0/s1. The Labute approximate surface area is 252 Å². The van der Waals surface area contributed by atoms with Crippen LogP contribution >= 0.6 is 23.2 Å². The molecule has 218 valence electrons. The number of nitrogens with zero attached hydrogens (tertiary/aromatic N) is 2. The molecule has 1 N–H and O–H groups in total. The van der Waals surface area contributed by atoms with E-state index in [9.17, 15) is 18.0 Å². The van der Waals surface area contributed by atoms with E-state index in [1.807, 2.05) is 19.9 Å². The molecule has 0 saturated heterocycles. The highest BCUT2D eigenvalue weighted by Crippen LogP contribution is 2.30. The second kappa shape index (κ2) is 13.3. The van der Waals surface area contributed by atoms with Crippen molar-refractivity contribution in [3.8, 4) is 0 Å². The number of rotatable bonds is 10. The van der Waals surface area contributed by atoms with Gasteiger partial charge in [-0.3, -0.25) is 13.9 Å². The van der Waals surface area contributed by atoms with Crippen molar-refractivity contribution in [1.82, 2.24) is 10.2 Å². The van der Waals surface area contributed by atoms with Crippen LogP contribution in [0.2, 0.25) is 10.0 Å². The number of anilines is 1. The minimum absolute atomic E-state index is 0.0427. The Hall–Kier alpha value is -3.07. The van der Waals surface area contributed by atoms with Gasteiger partial charge in [0.2, 0.25) is 11.8 Å². The first kappa shape index (κ1) is 30.9. The quantitative estimate of drug-likeness (QED) is 0.291. The first-order valence-corrected chi connectivity index (χ1v) is 15.9. The smallest absolute Gasteiger partial charge is 0.264 e. The Balaban J connectivity index is 1.72. The number of carbonyl (C=O) groups excluding carboxylic acids is 2. The molecule has 0 unspecified atom stereocenters. The number of hydrogen-bond acceptors (Lipinski definition) is 4. The number of sulfonamides is 1. The zero-order valence-corrected chi connectivity index (χ0v) is 25.8. The van der Waals surface area contributed by atoms with Crippen molar-refractivity contribution in [1.29, 1.82) is 0 Å². The van der Waals surface area contributed by atoms with E-state index < -0.39 is 28.5 Å². The van der Waals surface area contributed by atoms with Gasteiger partial charge in [0.1, 0.15) is 12.6 Å². The maximum absolute atomic E-state index is 14.1. The summed E-state index contributed by atoms with van der Waals surface area (Å²) in [6.07, 6.45) is 3.89. The fraction of sp³-hybridized carbons (Fsp3) is 0.355. The fourth-order valence-corrected chi connectivity index (χ4v) is 6.86. The average Bonchev–Trinajstić information content (AvgIpc) is 3.47. The van der Waals surface area contributed by atoms with Crippen molar-refractivity contribution in [2.75, 3.05) is 10.8 Å². The molecule has 41 heavy (non-hydrogen) atoms. The molecule has 4 rings (SSSR count). The van der Waals surface area contributed by atoms with Crippen molar-refractivity contribution >= 4 is 50.7 Å². The van der Waals surface area contributed by atoms with Crippen LogP contribution in [0.1, 0.15) is 49.3 Å². The van der Waals surface area contributed by atoms with Crippen molar-refractivity contribution in [3.63, 3.8) is 0 Å². The molecule has 7 nitrogen and oxygen atoms in total. The predicted molar refractivity (Wildman–Crippen MR) is 164 cm³/mol. The van der Waals surface area contributed by atoms with Crippen LogP contribution in [0.4, 0.5) is 5.69 Å². The summed E-state index contributed by atoms with van der Waals surface area (Å²) in [5, 5.41) is 3.76. The summed E-state index contributed by atoms with van der Waals surface area (Å²) < 4.78 is 29.1. The second-order valence-corrected chi connectivity index (χ2v) is 13.2. The average molecular weight is 617 g/mol. The van der Waals surface area contributed by atoms with E-state index in [1.165, 1.54) is 17.0 Å². The lowest BCUT2D eigenvalue weighted by Crippen LogP contribution is -2.52. The highest BCUT2D eigenvalue weighted by Gasteiger charge is 2.34. The molecule has 0 spiro atoms. The third kappa shape index (κ3) is 7.23.